The molecule has 0 saturated heterocycles. The van der Waals surface area contributed by atoms with Crippen LogP contribution in [0.4, 0.5) is 0 Å². The molecule has 1 aliphatic rings. The lowest BCUT2D eigenvalue weighted by Gasteiger charge is -2.18. The van der Waals surface area contributed by atoms with Crippen LogP contribution in [0, 0.1) is 0 Å². The third-order valence-corrected chi connectivity index (χ3v) is 4.64. The van der Waals surface area contributed by atoms with Crippen LogP contribution in [0.25, 0.3) is 17.7 Å². The van der Waals surface area contributed by atoms with Crippen LogP contribution < -0.4 is 0 Å². The second-order valence-corrected chi connectivity index (χ2v) is 6.34. The Morgan fingerprint density at radius 2 is 1.26 bits per heavy atom. The lowest BCUT2D eigenvalue weighted by Crippen LogP contribution is -1.98. The summed E-state index contributed by atoms with van der Waals surface area (Å²) in [5, 5.41) is 0. The van der Waals surface area contributed by atoms with E-state index in [9.17, 15) is 0 Å². The molecular weight excluding hydrogens is 276 g/mol. The zero-order valence-electron chi connectivity index (χ0n) is 14.3. The second-order valence-electron chi connectivity index (χ2n) is 6.34. The molecule has 0 spiro atoms. The smallest absolute Gasteiger partial charge is 0.0106 e. The fourth-order valence-corrected chi connectivity index (χ4v) is 3.51. The maximum Gasteiger partial charge on any atom is -0.0106 e. The van der Waals surface area contributed by atoms with Crippen LogP contribution >= 0.6 is 0 Å². The number of fused-ring (bicyclic) bond motifs is 2. The number of unbranched alkanes of at least 4 members (excludes halogenated alkanes) is 1. The Bertz CT molecular complexity index is 680. The van der Waals surface area contributed by atoms with Gasteiger partial charge in [0, 0.05) is 0 Å². The van der Waals surface area contributed by atoms with Gasteiger partial charge in [-0.15, -0.1) is 0 Å². The zero-order chi connectivity index (χ0) is 16.1. The van der Waals surface area contributed by atoms with E-state index in [1.54, 1.807) is 5.57 Å². The Morgan fingerprint density at radius 1 is 0.696 bits per heavy atom. The quantitative estimate of drug-likeness (QED) is 0.477. The molecule has 2 aromatic carbocycles. The van der Waals surface area contributed by atoms with Crippen LogP contribution in [0.1, 0.15) is 68.2 Å². The minimum Gasteiger partial charge on any atom is -0.0654 e. The third-order valence-electron chi connectivity index (χ3n) is 4.64. The Balaban J connectivity index is 2.26. The van der Waals surface area contributed by atoms with Crippen LogP contribution in [-0.4, -0.2) is 0 Å². The Hall–Kier alpha value is -2.08. The first-order chi connectivity index (χ1) is 11.3. The van der Waals surface area contributed by atoms with Gasteiger partial charge in [0.15, 0.2) is 0 Å². The van der Waals surface area contributed by atoms with E-state index < -0.39 is 0 Å². The monoisotopic (exact) mass is 302 g/mol. The molecule has 0 bridgehead atoms. The van der Waals surface area contributed by atoms with Gasteiger partial charge in [0.05, 0.1) is 0 Å². The molecule has 0 fully saturated rings. The van der Waals surface area contributed by atoms with Crippen LogP contribution in [0.5, 0.6) is 0 Å². The molecule has 0 amide bonds. The fourth-order valence-electron chi connectivity index (χ4n) is 3.51. The fraction of sp³-hybridized carbons (Fsp3) is 0.304. The Labute approximate surface area is 140 Å². The van der Waals surface area contributed by atoms with E-state index in [0.717, 1.165) is 0 Å². The molecule has 118 valence electrons. The summed E-state index contributed by atoms with van der Waals surface area (Å²) in [6, 6.07) is 17.7. The van der Waals surface area contributed by atoms with E-state index >= 15 is 0 Å². The van der Waals surface area contributed by atoms with Gasteiger partial charge in [0.1, 0.15) is 0 Å². The van der Waals surface area contributed by atoms with E-state index in [2.05, 4.69) is 74.5 Å². The maximum absolute atomic E-state index is 2.29. The normalized spacial score (nSPS) is 12.5. The maximum atomic E-state index is 2.29. The molecule has 0 aliphatic heterocycles. The van der Waals surface area contributed by atoms with Gasteiger partial charge in [-0.3, -0.25) is 0 Å². The van der Waals surface area contributed by atoms with Gasteiger partial charge < -0.3 is 0 Å². The number of hydrogen-bond acceptors (Lipinski definition) is 0. The van der Waals surface area contributed by atoms with Crippen molar-refractivity contribution in [1.82, 2.24) is 0 Å². The van der Waals surface area contributed by atoms with Crippen molar-refractivity contribution in [3.63, 3.8) is 0 Å². The number of hydrogen-bond donors (Lipinski definition) is 0. The van der Waals surface area contributed by atoms with Gasteiger partial charge in [0.2, 0.25) is 0 Å². The molecule has 0 saturated carbocycles. The predicted molar refractivity (Wildman–Crippen MR) is 102 cm³/mol. The highest BCUT2D eigenvalue weighted by Gasteiger charge is 2.18. The first kappa shape index (κ1) is 15.8. The van der Waals surface area contributed by atoms with Crippen molar-refractivity contribution in [2.75, 3.05) is 0 Å². The largest absolute Gasteiger partial charge is 0.0654 e. The van der Waals surface area contributed by atoms with Gasteiger partial charge in [-0.1, -0.05) is 92.9 Å². The van der Waals surface area contributed by atoms with Crippen LogP contribution in [0.2, 0.25) is 0 Å². The summed E-state index contributed by atoms with van der Waals surface area (Å²) in [4.78, 5) is 0. The van der Waals surface area contributed by atoms with Crippen molar-refractivity contribution >= 4 is 17.7 Å². The Kier molecular flexibility index (Phi) is 5.12. The topological polar surface area (TPSA) is 0 Å². The minimum atomic E-state index is 1.19. The molecule has 0 N–H and O–H groups in total. The lowest BCUT2D eigenvalue weighted by molar-refractivity contribution is 0.745. The van der Waals surface area contributed by atoms with Gasteiger partial charge >= 0.3 is 0 Å². The molecule has 0 heterocycles. The van der Waals surface area contributed by atoms with E-state index in [0.29, 0.717) is 0 Å². The van der Waals surface area contributed by atoms with Crippen molar-refractivity contribution in [3.8, 4) is 0 Å². The van der Waals surface area contributed by atoms with Crippen LogP contribution in [0.15, 0.2) is 54.1 Å². The molecule has 1 aliphatic carbocycles. The van der Waals surface area contributed by atoms with Crippen molar-refractivity contribution in [2.45, 2.75) is 46.0 Å². The molecule has 0 aromatic heterocycles. The minimum absolute atomic E-state index is 1.19. The summed E-state index contributed by atoms with van der Waals surface area (Å²) >= 11 is 0. The number of rotatable bonds is 5. The van der Waals surface area contributed by atoms with E-state index in [-0.39, 0.29) is 0 Å². The van der Waals surface area contributed by atoms with E-state index in [1.165, 1.54) is 59.9 Å². The van der Waals surface area contributed by atoms with Crippen LogP contribution in [-0.2, 0) is 0 Å². The zero-order valence-corrected chi connectivity index (χ0v) is 14.3. The summed E-state index contributed by atoms with van der Waals surface area (Å²) in [7, 11) is 0. The molecule has 0 radical (unpaired) electrons. The summed E-state index contributed by atoms with van der Waals surface area (Å²) in [5.74, 6) is 0. The van der Waals surface area contributed by atoms with Gasteiger partial charge in [-0.05, 0) is 47.1 Å². The third kappa shape index (κ3) is 3.32. The molecule has 23 heavy (non-hydrogen) atoms. The Morgan fingerprint density at radius 3 is 1.78 bits per heavy atom. The summed E-state index contributed by atoms with van der Waals surface area (Å²) in [6.45, 7) is 4.57. The lowest BCUT2D eigenvalue weighted by atomic mass is 9.86. The molecular formula is C23H26. The van der Waals surface area contributed by atoms with Crippen molar-refractivity contribution < 1.29 is 0 Å². The summed E-state index contributed by atoms with van der Waals surface area (Å²) in [5.41, 5.74) is 8.57. The highest BCUT2D eigenvalue weighted by atomic mass is 14.2. The predicted octanol–water partition coefficient (Wildman–Crippen LogP) is 6.96. The molecule has 0 heteroatoms. The standard InChI is InChI=1S/C23H26/c1-3-5-11-20(10-4-2)23-21-14-8-6-12-18(21)16-17-19-13-7-9-15-22(19)23/h6-9,12-17H,3-5,10-11H2,1-2H3. The summed E-state index contributed by atoms with van der Waals surface area (Å²) < 4.78 is 0. The average Bonchev–Trinajstić information content (AvgIpc) is 2.76. The highest BCUT2D eigenvalue weighted by Crippen LogP contribution is 2.38. The first-order valence-corrected chi connectivity index (χ1v) is 8.94. The van der Waals surface area contributed by atoms with Crippen molar-refractivity contribution in [1.29, 1.82) is 0 Å². The highest BCUT2D eigenvalue weighted by molar-refractivity contribution is 5.94. The molecule has 0 nitrogen and oxygen atoms in total. The van der Waals surface area contributed by atoms with Gasteiger partial charge in [0.25, 0.3) is 0 Å². The number of allylic oxidation sites excluding steroid dienone is 1. The average molecular weight is 302 g/mol. The second kappa shape index (κ2) is 7.46. The van der Waals surface area contributed by atoms with E-state index in [1.807, 2.05) is 0 Å². The SMILES string of the molecule is CCCCC(CCC)=C1c2ccccc2C=Cc2ccccc21. The molecule has 0 unspecified atom stereocenters. The van der Waals surface area contributed by atoms with Gasteiger partial charge in [-0.2, -0.15) is 0 Å². The van der Waals surface area contributed by atoms with Crippen LogP contribution in [0.3, 0.4) is 0 Å². The van der Waals surface area contributed by atoms with Gasteiger partial charge in [-0.25, -0.2) is 0 Å². The van der Waals surface area contributed by atoms with E-state index in [4.69, 9.17) is 0 Å². The first-order valence-electron chi connectivity index (χ1n) is 8.94. The van der Waals surface area contributed by atoms with Crippen molar-refractivity contribution in [2.24, 2.45) is 0 Å². The summed E-state index contributed by atoms with van der Waals surface area (Å²) in [6.07, 6.45) is 10.7. The molecule has 3 rings (SSSR count). The molecule has 2 aromatic rings. The number of benzene rings is 2. The van der Waals surface area contributed by atoms with Crippen molar-refractivity contribution in [3.05, 3.63) is 76.4 Å². The molecule has 0 atom stereocenters.